The van der Waals surface area contributed by atoms with E-state index in [1.54, 1.807) is 45.0 Å². The van der Waals surface area contributed by atoms with E-state index in [2.05, 4.69) is 0 Å². The molecule has 5 aliphatic rings. The Hall–Kier alpha value is -4.73. The van der Waals surface area contributed by atoms with E-state index in [1.807, 2.05) is 0 Å². The van der Waals surface area contributed by atoms with Gasteiger partial charge in [0.1, 0.15) is 34.0 Å². The first-order valence-electron chi connectivity index (χ1n) is 13.5. The molecule has 1 spiro atoms. The number of hydrogen-bond acceptors (Lipinski definition) is 9. The van der Waals surface area contributed by atoms with Gasteiger partial charge in [0.15, 0.2) is 11.6 Å². The second kappa shape index (κ2) is 7.36. The molecule has 0 saturated carbocycles. The minimum Gasteiger partial charge on any atom is -0.507 e. The summed E-state index contributed by atoms with van der Waals surface area (Å²) in [5.41, 5.74) is -2.42. The number of aliphatic hydroxyl groups excluding tert-OH is 1. The van der Waals surface area contributed by atoms with Crippen molar-refractivity contribution in [1.29, 1.82) is 0 Å². The molecule has 2 heterocycles. The third-order valence-electron chi connectivity index (χ3n) is 9.65. The molecular formula is C33H24O9. The Morgan fingerprint density at radius 2 is 1.67 bits per heavy atom. The molecule has 1 saturated heterocycles. The maximum Gasteiger partial charge on any atom is 0.256 e. The van der Waals surface area contributed by atoms with E-state index in [0.717, 1.165) is 5.56 Å². The summed E-state index contributed by atoms with van der Waals surface area (Å²) in [5, 5.41) is 35.3. The number of aryl methyl sites for hydroxylation is 1. The molecular weight excluding hydrogens is 540 g/mol. The van der Waals surface area contributed by atoms with Crippen molar-refractivity contribution in [3.05, 3.63) is 104 Å². The van der Waals surface area contributed by atoms with Crippen molar-refractivity contribution in [1.82, 2.24) is 0 Å². The number of phenols is 1. The van der Waals surface area contributed by atoms with Crippen LogP contribution >= 0.6 is 0 Å². The van der Waals surface area contributed by atoms with Gasteiger partial charge in [-0.3, -0.25) is 14.4 Å². The molecule has 0 bridgehead atoms. The van der Waals surface area contributed by atoms with Crippen molar-refractivity contribution in [2.45, 2.75) is 43.7 Å². The van der Waals surface area contributed by atoms with Crippen LogP contribution in [0.25, 0.3) is 5.76 Å². The molecule has 3 aliphatic carbocycles. The zero-order chi connectivity index (χ0) is 29.7. The van der Waals surface area contributed by atoms with Crippen molar-refractivity contribution in [2.75, 3.05) is 7.11 Å². The summed E-state index contributed by atoms with van der Waals surface area (Å²) in [6.07, 6.45) is 0.273. The van der Waals surface area contributed by atoms with Crippen LogP contribution in [-0.2, 0) is 20.7 Å². The molecule has 1 fully saturated rings. The van der Waals surface area contributed by atoms with E-state index in [0.29, 0.717) is 0 Å². The fourth-order valence-electron chi connectivity index (χ4n) is 8.07. The van der Waals surface area contributed by atoms with Gasteiger partial charge in [0, 0.05) is 22.3 Å². The Kier molecular flexibility index (Phi) is 4.39. The molecule has 42 heavy (non-hydrogen) atoms. The predicted octanol–water partition coefficient (Wildman–Crippen LogP) is 3.93. The van der Waals surface area contributed by atoms with Gasteiger partial charge in [-0.15, -0.1) is 0 Å². The number of rotatable bonds is 1. The highest BCUT2D eigenvalue weighted by molar-refractivity contribution is 6.30. The Morgan fingerprint density at radius 1 is 0.905 bits per heavy atom. The van der Waals surface area contributed by atoms with Gasteiger partial charge in [-0.2, -0.15) is 0 Å². The number of benzene rings is 3. The first-order valence-corrected chi connectivity index (χ1v) is 13.5. The molecule has 0 amide bonds. The first-order chi connectivity index (χ1) is 20.0. The van der Waals surface area contributed by atoms with Crippen molar-refractivity contribution in [3.8, 4) is 17.2 Å². The Morgan fingerprint density at radius 3 is 2.40 bits per heavy atom. The first kappa shape index (κ1) is 25.0. The van der Waals surface area contributed by atoms with Crippen molar-refractivity contribution < 1.29 is 43.9 Å². The van der Waals surface area contributed by atoms with E-state index >= 15 is 0 Å². The van der Waals surface area contributed by atoms with E-state index < -0.39 is 46.0 Å². The number of allylic oxidation sites excluding steroid dienone is 1. The third-order valence-corrected chi connectivity index (χ3v) is 9.65. The summed E-state index contributed by atoms with van der Waals surface area (Å²) in [4.78, 5) is 42.0. The van der Waals surface area contributed by atoms with Crippen LogP contribution in [0.4, 0.5) is 0 Å². The van der Waals surface area contributed by atoms with Gasteiger partial charge in [-0.1, -0.05) is 18.2 Å². The average Bonchev–Trinajstić information content (AvgIpc) is 3.35. The lowest BCUT2D eigenvalue weighted by atomic mass is 9.50. The Bertz CT molecular complexity index is 1970. The zero-order valence-electron chi connectivity index (χ0n) is 23.0. The lowest BCUT2D eigenvalue weighted by molar-refractivity contribution is -0.189. The third kappa shape index (κ3) is 2.30. The number of aliphatic hydroxyl groups is 2. The second-order valence-corrected chi connectivity index (χ2v) is 11.5. The minimum absolute atomic E-state index is 0.0477. The standard InChI is InChI=1S/C33H24O9/c1-13-10-17-23(22(11-13)40-4)28(37)24-16(27(17)36)8-9-19-30(24)42-33-18-6-5-7-20(34)25(18)29(38)26-21(35)12-14(2)32(39,15(3)41-33)31(19,26)33/h5-12,15,34,38-39H,1-4H3/t15-,31?,32+,33+/m0/s1. The number of phenolic OH excluding ortho intramolecular Hbond substituents is 1. The van der Waals surface area contributed by atoms with Crippen LogP contribution in [-0.4, -0.2) is 51.5 Å². The van der Waals surface area contributed by atoms with Gasteiger partial charge in [0.2, 0.25) is 5.78 Å². The highest BCUT2D eigenvalue weighted by atomic mass is 16.7. The van der Waals surface area contributed by atoms with Gasteiger partial charge < -0.3 is 29.5 Å². The van der Waals surface area contributed by atoms with Gasteiger partial charge in [-0.25, -0.2) is 0 Å². The van der Waals surface area contributed by atoms with Crippen LogP contribution in [0.5, 0.6) is 17.2 Å². The quantitative estimate of drug-likeness (QED) is 0.314. The minimum atomic E-state index is -1.99. The molecule has 8 rings (SSSR count). The number of methoxy groups -OCH3 is 1. The molecule has 3 aromatic rings. The number of carbonyl (C=O) groups excluding carboxylic acids is 3. The number of hydrogen-bond donors (Lipinski definition) is 3. The van der Waals surface area contributed by atoms with Crippen LogP contribution < -0.4 is 9.47 Å². The molecule has 2 aliphatic heterocycles. The highest BCUT2D eigenvalue weighted by Crippen LogP contribution is 2.74. The monoisotopic (exact) mass is 564 g/mol. The van der Waals surface area contributed by atoms with Crippen LogP contribution in [0.3, 0.4) is 0 Å². The molecule has 9 nitrogen and oxygen atoms in total. The van der Waals surface area contributed by atoms with Gasteiger partial charge >= 0.3 is 0 Å². The fourth-order valence-corrected chi connectivity index (χ4v) is 8.07. The number of fused-ring (bicyclic) bond motifs is 5. The normalized spacial score (nSPS) is 29.6. The number of ether oxygens (including phenoxy) is 3. The molecule has 4 atom stereocenters. The largest absolute Gasteiger partial charge is 0.507 e. The Balaban J connectivity index is 1.53. The van der Waals surface area contributed by atoms with Gasteiger partial charge in [-0.05, 0) is 62.2 Å². The van der Waals surface area contributed by atoms with E-state index in [-0.39, 0.29) is 67.3 Å². The van der Waals surface area contributed by atoms with Crippen LogP contribution in [0.2, 0.25) is 0 Å². The molecule has 210 valence electrons. The zero-order valence-corrected chi connectivity index (χ0v) is 23.0. The van der Waals surface area contributed by atoms with E-state index in [9.17, 15) is 29.7 Å². The van der Waals surface area contributed by atoms with Gasteiger partial charge in [0.25, 0.3) is 5.79 Å². The number of ketones is 3. The maximum absolute atomic E-state index is 14.3. The van der Waals surface area contributed by atoms with Crippen molar-refractivity contribution >= 4 is 23.1 Å². The average molecular weight is 565 g/mol. The highest BCUT2D eigenvalue weighted by Gasteiger charge is 2.84. The fraction of sp³-hybridized carbons (Fsp3) is 0.242. The Labute approximate surface area is 239 Å². The summed E-state index contributed by atoms with van der Waals surface area (Å²) < 4.78 is 18.8. The summed E-state index contributed by atoms with van der Waals surface area (Å²) in [6.45, 7) is 5.03. The maximum atomic E-state index is 14.3. The summed E-state index contributed by atoms with van der Waals surface area (Å²) in [7, 11) is 1.41. The molecule has 3 aromatic carbocycles. The molecule has 1 unspecified atom stereocenters. The van der Waals surface area contributed by atoms with Crippen molar-refractivity contribution in [3.63, 3.8) is 0 Å². The van der Waals surface area contributed by atoms with Crippen LogP contribution in [0.1, 0.15) is 67.9 Å². The summed E-state index contributed by atoms with van der Waals surface area (Å²) in [5.74, 6) is -4.21. The number of carbonyl (C=O) groups is 3. The summed E-state index contributed by atoms with van der Waals surface area (Å²) in [6, 6.07) is 10.8. The SMILES string of the molecule is COc1cc(C)cc2c1C(=O)c1c(ccc3c1O[C@]14O[C@@H](C)[C@]5(O)C(C)=CC(=O)C(=C(O)c6c(O)cccc61)C345)C2=O. The molecule has 0 radical (unpaired) electrons. The summed E-state index contributed by atoms with van der Waals surface area (Å²) >= 11 is 0. The van der Waals surface area contributed by atoms with E-state index in [1.165, 1.54) is 31.4 Å². The van der Waals surface area contributed by atoms with Gasteiger partial charge in [0.05, 0.1) is 35.5 Å². The van der Waals surface area contributed by atoms with E-state index in [4.69, 9.17) is 14.2 Å². The number of aromatic hydroxyl groups is 1. The van der Waals surface area contributed by atoms with Crippen LogP contribution in [0, 0.1) is 6.92 Å². The second-order valence-electron chi connectivity index (χ2n) is 11.5. The lowest BCUT2D eigenvalue weighted by Crippen LogP contribution is -2.64. The molecule has 9 heteroatoms. The molecule has 0 aromatic heterocycles. The van der Waals surface area contributed by atoms with Crippen molar-refractivity contribution in [2.24, 2.45) is 0 Å². The topological polar surface area (TPSA) is 140 Å². The predicted molar refractivity (Wildman–Crippen MR) is 147 cm³/mol. The lowest BCUT2D eigenvalue weighted by Gasteiger charge is -2.50. The smallest absolute Gasteiger partial charge is 0.256 e. The molecule has 3 N–H and O–H groups in total. The van der Waals surface area contributed by atoms with Crippen LogP contribution in [0.15, 0.2) is 59.7 Å².